The lowest BCUT2D eigenvalue weighted by atomic mass is 10.3. The van der Waals surface area contributed by atoms with Gasteiger partial charge in [-0.3, -0.25) is 4.98 Å². The molecule has 1 aromatic carbocycles. The molecule has 2 heterocycles. The van der Waals surface area contributed by atoms with E-state index in [0.717, 1.165) is 41.9 Å². The molecule has 0 saturated heterocycles. The number of pyridine rings is 1. The van der Waals surface area contributed by atoms with Gasteiger partial charge in [0.05, 0.1) is 12.6 Å². The van der Waals surface area contributed by atoms with Crippen molar-refractivity contribution >= 4 is 28.5 Å². The van der Waals surface area contributed by atoms with Gasteiger partial charge in [-0.15, -0.1) is 0 Å². The van der Waals surface area contributed by atoms with Crippen molar-refractivity contribution in [3.8, 4) is 5.75 Å². The van der Waals surface area contributed by atoms with Gasteiger partial charge >= 0.3 is 0 Å². The Morgan fingerprint density at radius 2 is 1.92 bits per heavy atom. The van der Waals surface area contributed by atoms with Crippen LogP contribution in [0, 0.1) is 0 Å². The first-order valence-corrected chi connectivity index (χ1v) is 8.08. The summed E-state index contributed by atoms with van der Waals surface area (Å²) in [7, 11) is 1.65. The van der Waals surface area contributed by atoms with Gasteiger partial charge in [0, 0.05) is 18.4 Å². The molecule has 0 spiro atoms. The van der Waals surface area contributed by atoms with Crippen molar-refractivity contribution < 1.29 is 4.74 Å². The molecular weight excluding hydrogens is 302 g/mol. The second kappa shape index (κ2) is 7.59. The minimum absolute atomic E-state index is 0.611. The number of nitrogens with zero attached hydrogens (tertiary/aromatic N) is 3. The fourth-order valence-electron chi connectivity index (χ4n) is 2.32. The third-order valence-corrected chi connectivity index (χ3v) is 3.62. The Kier molecular flexibility index (Phi) is 5.05. The Hall–Kier alpha value is -2.89. The number of nitrogens with one attached hydrogen (secondary N) is 2. The van der Waals surface area contributed by atoms with E-state index in [1.165, 1.54) is 0 Å². The van der Waals surface area contributed by atoms with Crippen molar-refractivity contribution in [1.82, 2.24) is 15.0 Å². The number of hydrogen-bond acceptors (Lipinski definition) is 6. The van der Waals surface area contributed by atoms with Crippen molar-refractivity contribution in [3.05, 3.63) is 42.6 Å². The van der Waals surface area contributed by atoms with Gasteiger partial charge in [-0.05, 0) is 42.8 Å². The van der Waals surface area contributed by atoms with E-state index in [4.69, 9.17) is 4.74 Å². The highest BCUT2D eigenvalue weighted by atomic mass is 16.5. The Bertz CT molecular complexity index is 804. The van der Waals surface area contributed by atoms with Crippen LogP contribution in [0.2, 0.25) is 0 Å². The summed E-state index contributed by atoms with van der Waals surface area (Å²) in [6, 6.07) is 11.5. The first-order chi connectivity index (χ1) is 11.8. The molecule has 2 aromatic heterocycles. The standard InChI is InChI=1S/C18H21N5O/c1-3-4-11-20-18-22-15-6-5-12-19-16(15)17(23-18)21-13-7-9-14(24-2)10-8-13/h5-10,12H,3-4,11H2,1-2H3,(H2,20,21,22,23). The van der Waals surface area contributed by atoms with Gasteiger partial charge in [-0.2, -0.15) is 4.98 Å². The highest BCUT2D eigenvalue weighted by molar-refractivity contribution is 5.88. The van der Waals surface area contributed by atoms with E-state index in [1.807, 2.05) is 36.4 Å². The summed E-state index contributed by atoms with van der Waals surface area (Å²) in [4.78, 5) is 13.5. The number of unbranched alkanes of at least 4 members (excludes halogenated alkanes) is 1. The van der Waals surface area contributed by atoms with Crippen LogP contribution in [0.4, 0.5) is 17.5 Å². The van der Waals surface area contributed by atoms with E-state index < -0.39 is 0 Å². The first kappa shape index (κ1) is 16.0. The van der Waals surface area contributed by atoms with Crippen molar-refractivity contribution in [2.24, 2.45) is 0 Å². The Morgan fingerprint density at radius 1 is 1.08 bits per heavy atom. The van der Waals surface area contributed by atoms with E-state index >= 15 is 0 Å². The topological polar surface area (TPSA) is 72.0 Å². The maximum atomic E-state index is 5.19. The molecule has 0 bridgehead atoms. The largest absolute Gasteiger partial charge is 0.497 e. The monoisotopic (exact) mass is 323 g/mol. The van der Waals surface area contributed by atoms with Gasteiger partial charge in [0.15, 0.2) is 5.82 Å². The molecule has 0 unspecified atom stereocenters. The van der Waals surface area contributed by atoms with Crippen molar-refractivity contribution in [3.63, 3.8) is 0 Å². The molecule has 0 aliphatic rings. The number of hydrogen-bond donors (Lipinski definition) is 2. The van der Waals surface area contributed by atoms with Crippen LogP contribution < -0.4 is 15.4 Å². The summed E-state index contributed by atoms with van der Waals surface area (Å²) in [5, 5.41) is 6.59. The van der Waals surface area contributed by atoms with Crippen LogP contribution in [0.3, 0.4) is 0 Å². The molecule has 0 aliphatic heterocycles. The number of aromatic nitrogens is 3. The van der Waals surface area contributed by atoms with Gasteiger partial charge in [0.25, 0.3) is 0 Å². The minimum atomic E-state index is 0.611. The zero-order valence-corrected chi connectivity index (χ0v) is 13.9. The molecule has 0 saturated carbocycles. The van der Waals surface area contributed by atoms with Gasteiger partial charge in [-0.25, -0.2) is 4.98 Å². The van der Waals surface area contributed by atoms with Crippen molar-refractivity contribution in [2.75, 3.05) is 24.3 Å². The average Bonchev–Trinajstić information content (AvgIpc) is 2.63. The lowest BCUT2D eigenvalue weighted by Crippen LogP contribution is -2.07. The molecule has 0 fully saturated rings. The lowest BCUT2D eigenvalue weighted by Gasteiger charge is -2.11. The van der Waals surface area contributed by atoms with Crippen LogP contribution >= 0.6 is 0 Å². The molecular formula is C18H21N5O. The fourth-order valence-corrected chi connectivity index (χ4v) is 2.32. The van der Waals surface area contributed by atoms with Gasteiger partial charge in [-0.1, -0.05) is 13.3 Å². The molecule has 0 radical (unpaired) electrons. The molecule has 6 nitrogen and oxygen atoms in total. The molecule has 0 atom stereocenters. The molecule has 24 heavy (non-hydrogen) atoms. The highest BCUT2D eigenvalue weighted by Crippen LogP contribution is 2.24. The van der Waals surface area contributed by atoms with E-state index in [9.17, 15) is 0 Å². The molecule has 3 rings (SSSR count). The SMILES string of the molecule is CCCCNc1nc(Nc2ccc(OC)cc2)c2ncccc2n1. The molecule has 2 N–H and O–H groups in total. The first-order valence-electron chi connectivity index (χ1n) is 8.08. The summed E-state index contributed by atoms with van der Waals surface area (Å²) in [6.45, 7) is 3.01. The number of benzene rings is 1. The van der Waals surface area contributed by atoms with Crippen molar-refractivity contribution in [2.45, 2.75) is 19.8 Å². The quantitative estimate of drug-likeness (QED) is 0.641. The van der Waals surface area contributed by atoms with E-state index in [2.05, 4.69) is 32.5 Å². The maximum absolute atomic E-state index is 5.19. The van der Waals surface area contributed by atoms with Crippen molar-refractivity contribution in [1.29, 1.82) is 0 Å². The summed E-state index contributed by atoms with van der Waals surface area (Å²) >= 11 is 0. The molecule has 124 valence electrons. The normalized spacial score (nSPS) is 10.6. The molecule has 6 heteroatoms. The maximum Gasteiger partial charge on any atom is 0.225 e. The van der Waals surface area contributed by atoms with Crippen LogP contribution in [-0.4, -0.2) is 28.6 Å². The summed E-state index contributed by atoms with van der Waals surface area (Å²) < 4.78 is 5.19. The summed E-state index contributed by atoms with van der Waals surface area (Å²) in [5.74, 6) is 2.11. The van der Waals surface area contributed by atoms with Crippen LogP contribution in [0.25, 0.3) is 11.0 Å². The summed E-state index contributed by atoms with van der Waals surface area (Å²) in [6.07, 6.45) is 3.95. The van der Waals surface area contributed by atoms with E-state index in [0.29, 0.717) is 11.8 Å². The smallest absolute Gasteiger partial charge is 0.225 e. The predicted molar refractivity (Wildman–Crippen MR) is 97.0 cm³/mol. The minimum Gasteiger partial charge on any atom is -0.497 e. The number of methoxy groups -OCH3 is 1. The zero-order chi connectivity index (χ0) is 16.8. The van der Waals surface area contributed by atoms with Gasteiger partial charge in [0.1, 0.15) is 11.3 Å². The zero-order valence-electron chi connectivity index (χ0n) is 13.9. The number of ether oxygens (including phenoxy) is 1. The number of rotatable bonds is 7. The van der Waals surface area contributed by atoms with Crippen LogP contribution in [0.1, 0.15) is 19.8 Å². The molecule has 0 amide bonds. The molecule has 3 aromatic rings. The van der Waals surface area contributed by atoms with Crippen LogP contribution in [0.5, 0.6) is 5.75 Å². The van der Waals surface area contributed by atoms with Crippen LogP contribution in [-0.2, 0) is 0 Å². The molecule has 0 aliphatic carbocycles. The number of fused-ring (bicyclic) bond motifs is 1. The van der Waals surface area contributed by atoms with Crippen LogP contribution in [0.15, 0.2) is 42.6 Å². The lowest BCUT2D eigenvalue weighted by molar-refractivity contribution is 0.415. The van der Waals surface area contributed by atoms with Gasteiger partial charge in [0.2, 0.25) is 5.95 Å². The predicted octanol–water partition coefficient (Wildman–Crippen LogP) is 3.99. The average molecular weight is 323 g/mol. The second-order valence-electron chi connectivity index (χ2n) is 5.40. The Morgan fingerprint density at radius 3 is 2.67 bits per heavy atom. The van der Waals surface area contributed by atoms with E-state index in [-0.39, 0.29) is 0 Å². The number of anilines is 3. The second-order valence-corrected chi connectivity index (χ2v) is 5.40. The third kappa shape index (κ3) is 3.71. The van der Waals surface area contributed by atoms with Gasteiger partial charge < -0.3 is 15.4 Å². The third-order valence-electron chi connectivity index (χ3n) is 3.62. The Balaban J connectivity index is 1.91. The Labute approximate surface area is 141 Å². The highest BCUT2D eigenvalue weighted by Gasteiger charge is 2.09. The summed E-state index contributed by atoms with van der Waals surface area (Å²) in [5.41, 5.74) is 2.47. The van der Waals surface area contributed by atoms with E-state index in [1.54, 1.807) is 13.3 Å². The fraction of sp³-hybridized carbons (Fsp3) is 0.278.